The van der Waals surface area contributed by atoms with Crippen LogP contribution in [-0.4, -0.2) is 32.7 Å². The summed E-state index contributed by atoms with van der Waals surface area (Å²) in [6, 6.07) is 0. The number of hydrogen-bond acceptors (Lipinski definition) is 4. The maximum Gasteiger partial charge on any atom is 0.341 e. The van der Waals surface area contributed by atoms with Crippen molar-refractivity contribution in [3.63, 3.8) is 0 Å². The molecule has 0 bridgehead atoms. The lowest BCUT2D eigenvalue weighted by atomic mass is 10.3. The number of aryl methyl sites for hydroxylation is 1. The first-order valence-electron chi connectivity index (χ1n) is 4.63. The van der Waals surface area contributed by atoms with Crippen LogP contribution in [0.15, 0.2) is 6.20 Å². The van der Waals surface area contributed by atoms with Crippen LogP contribution in [0.4, 0.5) is 5.82 Å². The lowest BCUT2D eigenvalue weighted by Gasteiger charge is -2.14. The van der Waals surface area contributed by atoms with E-state index in [1.807, 2.05) is 0 Å². The number of anilines is 1. The van der Waals surface area contributed by atoms with Gasteiger partial charge in [0, 0.05) is 19.9 Å². The minimum atomic E-state index is -1.21. The highest BCUT2D eigenvalue weighted by atomic mass is 16.4. The van der Waals surface area contributed by atoms with Crippen LogP contribution in [0, 0.1) is 0 Å². The molecule has 16 heavy (non-hydrogen) atoms. The molecule has 1 aromatic rings. The predicted molar refractivity (Wildman–Crippen MR) is 51.9 cm³/mol. The average Bonchev–Trinajstić information content (AvgIpc) is 2.71. The first kappa shape index (κ1) is 10.3. The van der Waals surface area contributed by atoms with Gasteiger partial charge in [0.1, 0.15) is 5.56 Å². The van der Waals surface area contributed by atoms with Crippen LogP contribution in [0.25, 0.3) is 0 Å². The fourth-order valence-corrected chi connectivity index (χ4v) is 1.66. The quantitative estimate of drug-likeness (QED) is 0.699. The highest BCUT2D eigenvalue weighted by molar-refractivity contribution is 6.21. The van der Waals surface area contributed by atoms with Crippen molar-refractivity contribution in [2.45, 2.75) is 12.8 Å². The summed E-state index contributed by atoms with van der Waals surface area (Å²) in [5.41, 5.74) is -0.147. The van der Waals surface area contributed by atoms with Crippen molar-refractivity contribution < 1.29 is 19.5 Å². The summed E-state index contributed by atoms with van der Waals surface area (Å²) in [5.74, 6) is -1.97. The van der Waals surface area contributed by atoms with Crippen molar-refractivity contribution in [1.29, 1.82) is 0 Å². The molecule has 7 heteroatoms. The number of imide groups is 1. The third-order valence-corrected chi connectivity index (χ3v) is 2.40. The van der Waals surface area contributed by atoms with Crippen molar-refractivity contribution in [3.8, 4) is 0 Å². The molecule has 0 radical (unpaired) electrons. The molecule has 0 atom stereocenters. The summed E-state index contributed by atoms with van der Waals surface area (Å²) in [6.45, 7) is 0. The summed E-state index contributed by atoms with van der Waals surface area (Å²) >= 11 is 0. The molecule has 0 unspecified atom stereocenters. The molecule has 0 spiro atoms. The maximum absolute atomic E-state index is 11.5. The van der Waals surface area contributed by atoms with Gasteiger partial charge in [-0.05, 0) is 0 Å². The van der Waals surface area contributed by atoms with Crippen LogP contribution in [0.1, 0.15) is 23.2 Å². The Morgan fingerprint density at radius 3 is 2.44 bits per heavy atom. The first-order valence-corrected chi connectivity index (χ1v) is 4.63. The molecule has 0 saturated carbocycles. The normalized spacial score (nSPS) is 15.9. The SMILES string of the molecule is Cn1ncc(C(=O)O)c1N1C(=O)CCC1=O. The molecule has 1 fully saturated rings. The van der Waals surface area contributed by atoms with E-state index in [9.17, 15) is 14.4 Å². The smallest absolute Gasteiger partial charge is 0.341 e. The van der Waals surface area contributed by atoms with Gasteiger partial charge in [0.15, 0.2) is 5.82 Å². The zero-order valence-corrected chi connectivity index (χ0v) is 8.51. The van der Waals surface area contributed by atoms with Crippen LogP contribution in [0.3, 0.4) is 0 Å². The van der Waals surface area contributed by atoms with Gasteiger partial charge in [-0.15, -0.1) is 0 Å². The Kier molecular flexibility index (Phi) is 2.22. The van der Waals surface area contributed by atoms with Crippen molar-refractivity contribution >= 4 is 23.6 Å². The minimum absolute atomic E-state index is 0.0278. The molecule has 84 valence electrons. The Morgan fingerprint density at radius 1 is 1.38 bits per heavy atom. The fraction of sp³-hybridized carbons (Fsp3) is 0.333. The Morgan fingerprint density at radius 2 is 1.94 bits per heavy atom. The highest BCUT2D eigenvalue weighted by Gasteiger charge is 2.35. The van der Waals surface area contributed by atoms with Crippen molar-refractivity contribution in [1.82, 2.24) is 9.78 Å². The third kappa shape index (κ3) is 1.37. The van der Waals surface area contributed by atoms with Crippen LogP contribution >= 0.6 is 0 Å². The zero-order valence-electron chi connectivity index (χ0n) is 8.51. The number of rotatable bonds is 2. The third-order valence-electron chi connectivity index (χ3n) is 2.40. The van der Waals surface area contributed by atoms with Gasteiger partial charge in [-0.2, -0.15) is 5.10 Å². The Bertz CT molecular complexity index is 475. The molecular weight excluding hydrogens is 214 g/mol. The molecule has 1 N–H and O–H groups in total. The summed E-state index contributed by atoms with van der Waals surface area (Å²) < 4.78 is 1.21. The number of carbonyl (C=O) groups is 3. The van der Waals surface area contributed by atoms with E-state index in [0.29, 0.717) is 0 Å². The van der Waals surface area contributed by atoms with E-state index in [4.69, 9.17) is 5.11 Å². The van der Waals surface area contributed by atoms with Gasteiger partial charge in [0.2, 0.25) is 11.8 Å². The molecule has 1 saturated heterocycles. The topological polar surface area (TPSA) is 92.5 Å². The molecule has 0 aliphatic carbocycles. The van der Waals surface area contributed by atoms with E-state index in [1.54, 1.807) is 0 Å². The zero-order chi connectivity index (χ0) is 11.9. The molecule has 0 aromatic carbocycles. The van der Waals surface area contributed by atoms with Gasteiger partial charge < -0.3 is 5.11 Å². The largest absolute Gasteiger partial charge is 0.477 e. The number of amides is 2. The maximum atomic E-state index is 11.5. The van der Waals surface area contributed by atoms with Gasteiger partial charge in [-0.25, -0.2) is 9.69 Å². The Labute approximate surface area is 90.3 Å². The number of carboxylic acid groups (broad SMARTS) is 1. The van der Waals surface area contributed by atoms with E-state index in [2.05, 4.69) is 5.10 Å². The molecule has 2 heterocycles. The van der Waals surface area contributed by atoms with Gasteiger partial charge in [-0.1, -0.05) is 0 Å². The van der Waals surface area contributed by atoms with Crippen LogP contribution in [0.2, 0.25) is 0 Å². The number of carboxylic acids is 1. The lowest BCUT2D eigenvalue weighted by molar-refractivity contribution is -0.121. The van der Waals surface area contributed by atoms with Gasteiger partial charge in [0.25, 0.3) is 0 Å². The van der Waals surface area contributed by atoms with E-state index < -0.39 is 17.8 Å². The highest BCUT2D eigenvalue weighted by Crippen LogP contribution is 2.25. The van der Waals surface area contributed by atoms with Crippen LogP contribution in [0.5, 0.6) is 0 Å². The van der Waals surface area contributed by atoms with Crippen molar-refractivity contribution in [3.05, 3.63) is 11.8 Å². The molecule has 2 amide bonds. The second-order valence-corrected chi connectivity index (χ2v) is 3.43. The number of carbonyl (C=O) groups excluding carboxylic acids is 2. The summed E-state index contributed by atoms with van der Waals surface area (Å²) in [7, 11) is 1.49. The fourth-order valence-electron chi connectivity index (χ4n) is 1.66. The number of aromatic nitrogens is 2. The summed E-state index contributed by atoms with van der Waals surface area (Å²) in [4.78, 5) is 34.8. The molecule has 1 aromatic heterocycles. The average molecular weight is 223 g/mol. The van der Waals surface area contributed by atoms with Gasteiger partial charge >= 0.3 is 5.97 Å². The predicted octanol–water partition coefficient (Wildman–Crippen LogP) is -0.228. The number of aromatic carboxylic acids is 1. The second-order valence-electron chi connectivity index (χ2n) is 3.43. The monoisotopic (exact) mass is 223 g/mol. The van der Waals surface area contributed by atoms with E-state index in [0.717, 1.165) is 11.1 Å². The van der Waals surface area contributed by atoms with E-state index in [1.165, 1.54) is 11.7 Å². The molecule has 1 aliphatic heterocycles. The van der Waals surface area contributed by atoms with E-state index in [-0.39, 0.29) is 24.2 Å². The Hall–Kier alpha value is -2.18. The summed E-state index contributed by atoms with van der Waals surface area (Å²) in [5, 5.41) is 12.7. The number of nitrogens with zero attached hydrogens (tertiary/aromatic N) is 3. The first-order chi connectivity index (χ1) is 7.52. The lowest BCUT2D eigenvalue weighted by Crippen LogP contribution is -2.31. The van der Waals surface area contributed by atoms with Crippen LogP contribution in [-0.2, 0) is 16.6 Å². The standard InChI is InChI=1S/C9H9N3O4/c1-11-8(5(4-10-11)9(15)16)12-6(13)2-3-7(12)14/h4H,2-3H2,1H3,(H,15,16). The second kappa shape index (κ2) is 3.44. The molecular formula is C9H9N3O4. The number of hydrogen-bond donors (Lipinski definition) is 1. The van der Waals surface area contributed by atoms with Gasteiger partial charge in [-0.3, -0.25) is 14.3 Å². The van der Waals surface area contributed by atoms with Crippen molar-refractivity contribution in [2.24, 2.45) is 7.05 Å². The van der Waals surface area contributed by atoms with Crippen LogP contribution < -0.4 is 4.90 Å². The van der Waals surface area contributed by atoms with Gasteiger partial charge in [0.05, 0.1) is 6.20 Å². The van der Waals surface area contributed by atoms with Crippen molar-refractivity contribution in [2.75, 3.05) is 4.90 Å². The Balaban J connectivity index is 2.54. The molecule has 2 rings (SSSR count). The molecule has 7 nitrogen and oxygen atoms in total. The minimum Gasteiger partial charge on any atom is -0.477 e. The molecule has 1 aliphatic rings. The van der Waals surface area contributed by atoms with E-state index >= 15 is 0 Å². The summed E-state index contributed by atoms with van der Waals surface area (Å²) in [6.07, 6.45) is 1.35.